The van der Waals surface area contributed by atoms with Crippen LogP contribution in [0, 0.1) is 11.8 Å². The first kappa shape index (κ1) is 8.26. The van der Waals surface area contributed by atoms with E-state index in [0.717, 1.165) is 12.8 Å². The van der Waals surface area contributed by atoms with E-state index in [4.69, 9.17) is 9.47 Å². The fraction of sp³-hybridized carbons (Fsp3) is 0.800. The zero-order valence-electron chi connectivity index (χ0n) is 8.20. The van der Waals surface area contributed by atoms with Crippen molar-refractivity contribution in [1.29, 1.82) is 0 Å². The van der Waals surface area contributed by atoms with E-state index in [1.807, 2.05) is 13.8 Å². The lowest BCUT2D eigenvalue weighted by Crippen LogP contribution is -2.43. The van der Waals surface area contributed by atoms with Crippen molar-refractivity contribution in [3.63, 3.8) is 0 Å². The van der Waals surface area contributed by atoms with Crippen LogP contribution in [0.25, 0.3) is 0 Å². The fourth-order valence-corrected chi connectivity index (χ4v) is 3.10. The number of rotatable bonds is 0. The number of hydrogen-bond acceptors (Lipinski definition) is 4. The minimum absolute atomic E-state index is 0.261. The predicted octanol–water partition coefficient (Wildman–Crippen LogP) is 0.644. The summed E-state index contributed by atoms with van der Waals surface area (Å²) in [6.07, 6.45) is 1.45. The van der Waals surface area contributed by atoms with E-state index in [1.165, 1.54) is 0 Å². The van der Waals surface area contributed by atoms with Gasteiger partial charge in [0.15, 0.2) is 0 Å². The zero-order chi connectivity index (χ0) is 10.1. The summed E-state index contributed by atoms with van der Waals surface area (Å²) in [6, 6.07) is 0. The maximum atomic E-state index is 11.6. The number of esters is 2. The van der Waals surface area contributed by atoms with Crippen LogP contribution in [0.4, 0.5) is 0 Å². The van der Waals surface area contributed by atoms with E-state index in [-0.39, 0.29) is 23.8 Å². The standard InChI is InChI=1S/C10H12O4/c1-9-3-4-10(2)6(8(12)13-9)5(9)7(11)14-10/h5-6H,3-4H2,1-2H3. The summed E-state index contributed by atoms with van der Waals surface area (Å²) in [5.41, 5.74) is -1.20. The molecule has 4 bridgehead atoms. The van der Waals surface area contributed by atoms with Crippen LogP contribution < -0.4 is 0 Å². The van der Waals surface area contributed by atoms with E-state index in [9.17, 15) is 9.59 Å². The van der Waals surface area contributed by atoms with E-state index in [0.29, 0.717) is 0 Å². The van der Waals surface area contributed by atoms with Gasteiger partial charge < -0.3 is 9.47 Å². The van der Waals surface area contributed by atoms with Gasteiger partial charge in [0.05, 0.1) is 0 Å². The molecule has 1 saturated carbocycles. The van der Waals surface area contributed by atoms with Gasteiger partial charge in [-0.15, -0.1) is 0 Å². The van der Waals surface area contributed by atoms with E-state index >= 15 is 0 Å². The van der Waals surface area contributed by atoms with Gasteiger partial charge in [-0.3, -0.25) is 9.59 Å². The molecule has 14 heavy (non-hydrogen) atoms. The first-order valence-corrected chi connectivity index (χ1v) is 4.92. The molecule has 3 aliphatic rings. The monoisotopic (exact) mass is 196 g/mol. The second-order valence-corrected chi connectivity index (χ2v) is 4.92. The predicted molar refractivity (Wildman–Crippen MR) is 45.2 cm³/mol. The zero-order valence-corrected chi connectivity index (χ0v) is 8.20. The van der Waals surface area contributed by atoms with Crippen LogP contribution in [0.15, 0.2) is 0 Å². The molecule has 2 saturated heterocycles. The molecule has 0 aromatic heterocycles. The third kappa shape index (κ3) is 0.678. The Kier molecular flexibility index (Phi) is 1.16. The van der Waals surface area contributed by atoms with Crippen molar-refractivity contribution >= 4 is 11.9 Å². The molecular weight excluding hydrogens is 184 g/mol. The Morgan fingerprint density at radius 2 is 1.36 bits per heavy atom. The molecule has 4 atom stereocenters. The molecule has 4 nitrogen and oxygen atoms in total. The van der Waals surface area contributed by atoms with Crippen LogP contribution in [0.5, 0.6) is 0 Å². The van der Waals surface area contributed by atoms with Gasteiger partial charge >= 0.3 is 11.9 Å². The Morgan fingerprint density at radius 3 is 1.71 bits per heavy atom. The van der Waals surface area contributed by atoms with Crippen molar-refractivity contribution in [2.75, 3.05) is 0 Å². The van der Waals surface area contributed by atoms with Gasteiger partial charge in [-0.1, -0.05) is 0 Å². The molecule has 0 aromatic rings. The maximum absolute atomic E-state index is 11.6. The average Bonchev–Trinajstić information content (AvgIpc) is 2.43. The lowest BCUT2D eigenvalue weighted by Gasteiger charge is -2.32. The summed E-state index contributed by atoms with van der Waals surface area (Å²) in [4.78, 5) is 23.2. The van der Waals surface area contributed by atoms with Gasteiger partial charge in [0.2, 0.25) is 0 Å². The van der Waals surface area contributed by atoms with Gasteiger partial charge in [-0.25, -0.2) is 0 Å². The summed E-state index contributed by atoms with van der Waals surface area (Å²) >= 11 is 0. The van der Waals surface area contributed by atoms with Crippen LogP contribution in [-0.4, -0.2) is 23.1 Å². The van der Waals surface area contributed by atoms with Gasteiger partial charge in [0, 0.05) is 0 Å². The quantitative estimate of drug-likeness (QED) is 0.533. The van der Waals surface area contributed by atoms with Gasteiger partial charge in [-0.05, 0) is 26.7 Å². The van der Waals surface area contributed by atoms with E-state index < -0.39 is 11.2 Å². The Bertz CT molecular complexity index is 316. The summed E-state index contributed by atoms with van der Waals surface area (Å²) < 4.78 is 10.6. The molecule has 4 heteroatoms. The van der Waals surface area contributed by atoms with Crippen molar-refractivity contribution < 1.29 is 19.1 Å². The van der Waals surface area contributed by atoms with Crippen LogP contribution in [0.2, 0.25) is 0 Å². The molecule has 0 radical (unpaired) electrons. The van der Waals surface area contributed by atoms with E-state index in [1.54, 1.807) is 0 Å². The number of ether oxygens (including phenoxy) is 2. The molecule has 0 spiro atoms. The minimum Gasteiger partial charge on any atom is -0.458 e. The average molecular weight is 196 g/mol. The first-order valence-electron chi connectivity index (χ1n) is 4.92. The van der Waals surface area contributed by atoms with E-state index in [2.05, 4.69) is 0 Å². The highest BCUT2D eigenvalue weighted by Gasteiger charge is 2.72. The third-order valence-corrected chi connectivity index (χ3v) is 3.94. The Morgan fingerprint density at radius 1 is 1.00 bits per heavy atom. The Hall–Kier alpha value is -1.06. The van der Waals surface area contributed by atoms with Crippen molar-refractivity contribution in [3.05, 3.63) is 0 Å². The van der Waals surface area contributed by atoms with Crippen molar-refractivity contribution in [1.82, 2.24) is 0 Å². The highest BCUT2D eigenvalue weighted by atomic mass is 16.6. The maximum Gasteiger partial charge on any atom is 0.314 e. The second-order valence-electron chi connectivity index (χ2n) is 4.92. The highest BCUT2D eigenvalue weighted by Crippen LogP contribution is 2.57. The molecule has 0 amide bonds. The molecular formula is C10H12O4. The molecule has 1 aliphatic carbocycles. The normalized spacial score (nSPS) is 54.4. The summed E-state index contributed by atoms with van der Waals surface area (Å²) in [5.74, 6) is -1.26. The molecule has 2 heterocycles. The largest absolute Gasteiger partial charge is 0.458 e. The Labute approximate surface area is 81.6 Å². The number of hydrogen-bond donors (Lipinski definition) is 0. The topological polar surface area (TPSA) is 52.6 Å². The number of carbonyl (C=O) groups excluding carboxylic acids is 2. The molecule has 3 fully saturated rings. The summed E-state index contributed by atoms with van der Waals surface area (Å²) in [5, 5.41) is 0. The lowest BCUT2D eigenvalue weighted by molar-refractivity contribution is -0.160. The molecule has 0 aromatic carbocycles. The third-order valence-electron chi connectivity index (χ3n) is 3.94. The van der Waals surface area contributed by atoms with Gasteiger partial charge in [0.25, 0.3) is 0 Å². The molecule has 76 valence electrons. The van der Waals surface area contributed by atoms with Gasteiger partial charge in [0.1, 0.15) is 23.0 Å². The SMILES string of the molecule is CC12CCC3(C)OC(=O)C1C3C(=O)O2. The smallest absolute Gasteiger partial charge is 0.314 e. The van der Waals surface area contributed by atoms with Crippen molar-refractivity contribution in [3.8, 4) is 0 Å². The fourth-order valence-electron chi connectivity index (χ4n) is 3.10. The molecule has 0 N–H and O–H groups in total. The van der Waals surface area contributed by atoms with Crippen LogP contribution in [0.1, 0.15) is 26.7 Å². The lowest BCUT2D eigenvalue weighted by atomic mass is 9.67. The second kappa shape index (κ2) is 1.97. The highest BCUT2D eigenvalue weighted by molar-refractivity contribution is 5.91. The number of carbonyl (C=O) groups is 2. The summed E-state index contributed by atoms with van der Waals surface area (Å²) in [7, 11) is 0. The first-order chi connectivity index (χ1) is 6.46. The molecule has 4 unspecified atom stereocenters. The van der Waals surface area contributed by atoms with Crippen LogP contribution in [0.3, 0.4) is 0 Å². The molecule has 3 rings (SSSR count). The Balaban J connectivity index is 2.18. The summed E-state index contributed by atoms with van der Waals surface area (Å²) in [6.45, 7) is 3.67. The van der Waals surface area contributed by atoms with Crippen molar-refractivity contribution in [2.45, 2.75) is 37.9 Å². The molecule has 2 aliphatic heterocycles. The van der Waals surface area contributed by atoms with Crippen molar-refractivity contribution in [2.24, 2.45) is 11.8 Å². The van der Waals surface area contributed by atoms with Crippen LogP contribution >= 0.6 is 0 Å². The minimum atomic E-state index is -0.602. The van der Waals surface area contributed by atoms with Crippen LogP contribution in [-0.2, 0) is 19.1 Å². The van der Waals surface area contributed by atoms with Gasteiger partial charge in [-0.2, -0.15) is 0 Å².